The van der Waals surface area contributed by atoms with Crippen LogP contribution in [-0.2, 0) is 4.79 Å². The van der Waals surface area contributed by atoms with E-state index in [4.69, 9.17) is 6.42 Å². The number of unbranched alkanes of at least 4 members (excludes halogenated alkanes) is 2. The molecule has 1 heterocycles. The summed E-state index contributed by atoms with van der Waals surface area (Å²) in [5.41, 5.74) is 1.52. The van der Waals surface area contributed by atoms with Crippen LogP contribution in [-0.4, -0.2) is 20.9 Å². The van der Waals surface area contributed by atoms with Crippen LogP contribution in [0.3, 0.4) is 0 Å². The van der Waals surface area contributed by atoms with Crippen molar-refractivity contribution in [1.29, 1.82) is 0 Å². The number of hydrogen-bond acceptors (Lipinski definition) is 3. The Bertz CT molecular complexity index is 599. The van der Waals surface area contributed by atoms with E-state index in [1.807, 2.05) is 24.3 Å². The Labute approximate surface area is 118 Å². The molecule has 1 aromatic heterocycles. The molecule has 5 nitrogen and oxygen atoms in total. The maximum atomic E-state index is 11.9. The zero-order chi connectivity index (χ0) is 14.2. The Morgan fingerprint density at radius 1 is 1.35 bits per heavy atom. The second kappa shape index (κ2) is 7.10. The first-order chi connectivity index (χ1) is 9.81. The van der Waals surface area contributed by atoms with Gasteiger partial charge in [0.1, 0.15) is 0 Å². The Morgan fingerprint density at radius 3 is 2.95 bits per heavy atom. The van der Waals surface area contributed by atoms with Crippen LogP contribution in [0.2, 0.25) is 0 Å². The molecule has 0 bridgehead atoms. The van der Waals surface area contributed by atoms with E-state index in [0.717, 1.165) is 24.2 Å². The molecule has 2 rings (SSSR count). The topological polar surface area (TPSA) is 59.8 Å². The second-order valence-electron chi connectivity index (χ2n) is 4.32. The van der Waals surface area contributed by atoms with Gasteiger partial charge in [0.15, 0.2) is 0 Å². The highest BCUT2D eigenvalue weighted by Gasteiger charge is 2.08. The summed E-state index contributed by atoms with van der Waals surface area (Å²) in [6.07, 6.45) is 11.3. The molecule has 102 valence electrons. The molecule has 0 spiro atoms. The van der Waals surface area contributed by atoms with E-state index < -0.39 is 0 Å². The first kappa shape index (κ1) is 13.8. The molecule has 1 N–H and O–H groups in total. The fourth-order valence-electron chi connectivity index (χ4n) is 1.84. The van der Waals surface area contributed by atoms with E-state index >= 15 is 0 Å². The SMILES string of the molecule is C#CCCCCC(=O)Nc1ccccc1-n1ccnn1. The molecule has 0 atom stereocenters. The molecule has 20 heavy (non-hydrogen) atoms. The van der Waals surface area contributed by atoms with Gasteiger partial charge in [-0.05, 0) is 25.0 Å². The van der Waals surface area contributed by atoms with Gasteiger partial charge in [0, 0.05) is 12.8 Å². The van der Waals surface area contributed by atoms with Gasteiger partial charge in [0.2, 0.25) is 5.91 Å². The number of nitrogens with zero attached hydrogens (tertiary/aromatic N) is 3. The fraction of sp³-hybridized carbons (Fsp3) is 0.267. The quantitative estimate of drug-likeness (QED) is 0.646. The molecule has 1 amide bonds. The summed E-state index contributed by atoms with van der Waals surface area (Å²) in [4.78, 5) is 11.9. The van der Waals surface area contributed by atoms with E-state index in [1.54, 1.807) is 17.1 Å². The zero-order valence-electron chi connectivity index (χ0n) is 11.1. The minimum atomic E-state index is -0.0189. The summed E-state index contributed by atoms with van der Waals surface area (Å²) in [7, 11) is 0. The zero-order valence-corrected chi connectivity index (χ0v) is 11.1. The van der Waals surface area contributed by atoms with E-state index in [1.165, 1.54) is 0 Å². The number of carbonyl (C=O) groups excluding carboxylic acids is 1. The third kappa shape index (κ3) is 3.69. The lowest BCUT2D eigenvalue weighted by Gasteiger charge is -2.10. The van der Waals surface area contributed by atoms with Gasteiger partial charge in [-0.25, -0.2) is 4.68 Å². The highest BCUT2D eigenvalue weighted by Crippen LogP contribution is 2.19. The molecule has 0 saturated carbocycles. The second-order valence-corrected chi connectivity index (χ2v) is 4.32. The summed E-state index contributed by atoms with van der Waals surface area (Å²) in [6.45, 7) is 0. The van der Waals surface area contributed by atoms with E-state index in [-0.39, 0.29) is 5.91 Å². The van der Waals surface area contributed by atoms with Crippen molar-refractivity contribution in [1.82, 2.24) is 15.0 Å². The predicted octanol–water partition coefficient (Wildman–Crippen LogP) is 2.40. The van der Waals surface area contributed by atoms with Crippen LogP contribution >= 0.6 is 0 Å². The van der Waals surface area contributed by atoms with Crippen molar-refractivity contribution in [3.05, 3.63) is 36.7 Å². The lowest BCUT2D eigenvalue weighted by atomic mass is 10.2. The molecule has 0 unspecified atom stereocenters. The van der Waals surface area contributed by atoms with Gasteiger partial charge in [0.05, 0.1) is 23.8 Å². The minimum absolute atomic E-state index is 0.0189. The van der Waals surface area contributed by atoms with Crippen molar-refractivity contribution >= 4 is 11.6 Å². The molecule has 0 saturated heterocycles. The molecular formula is C15H16N4O. The number of benzene rings is 1. The largest absolute Gasteiger partial charge is 0.324 e. The molecular weight excluding hydrogens is 252 g/mol. The first-order valence-electron chi connectivity index (χ1n) is 6.50. The third-order valence-corrected chi connectivity index (χ3v) is 2.82. The van der Waals surface area contributed by atoms with Crippen LogP contribution in [0.25, 0.3) is 5.69 Å². The van der Waals surface area contributed by atoms with E-state index in [2.05, 4.69) is 21.5 Å². The molecule has 1 aromatic carbocycles. The number of terminal acetylenes is 1. The number of para-hydroxylation sites is 2. The van der Waals surface area contributed by atoms with Gasteiger partial charge < -0.3 is 5.32 Å². The highest BCUT2D eigenvalue weighted by atomic mass is 16.1. The molecule has 0 aliphatic rings. The molecule has 0 aliphatic carbocycles. The number of anilines is 1. The van der Waals surface area contributed by atoms with E-state index in [9.17, 15) is 4.79 Å². The van der Waals surface area contributed by atoms with Crippen LogP contribution in [0.1, 0.15) is 25.7 Å². The maximum Gasteiger partial charge on any atom is 0.224 e. The Balaban J connectivity index is 2.00. The van der Waals surface area contributed by atoms with Crippen molar-refractivity contribution in [2.45, 2.75) is 25.7 Å². The molecule has 5 heteroatoms. The van der Waals surface area contributed by atoms with Crippen molar-refractivity contribution in [2.75, 3.05) is 5.32 Å². The molecule has 2 aromatic rings. The first-order valence-corrected chi connectivity index (χ1v) is 6.50. The number of aromatic nitrogens is 3. The number of amides is 1. The van der Waals surface area contributed by atoms with Crippen LogP contribution in [0, 0.1) is 12.3 Å². The summed E-state index contributed by atoms with van der Waals surface area (Å²) in [5, 5.41) is 10.6. The van der Waals surface area contributed by atoms with Gasteiger partial charge >= 0.3 is 0 Å². The number of nitrogens with one attached hydrogen (secondary N) is 1. The van der Waals surface area contributed by atoms with Crippen LogP contribution in [0.15, 0.2) is 36.7 Å². The lowest BCUT2D eigenvalue weighted by molar-refractivity contribution is -0.116. The van der Waals surface area contributed by atoms with Gasteiger partial charge in [0.25, 0.3) is 0 Å². The number of hydrogen-bond donors (Lipinski definition) is 1. The van der Waals surface area contributed by atoms with Crippen molar-refractivity contribution in [3.8, 4) is 18.0 Å². The number of rotatable bonds is 6. The Hall–Kier alpha value is -2.61. The van der Waals surface area contributed by atoms with Crippen LogP contribution in [0.5, 0.6) is 0 Å². The van der Waals surface area contributed by atoms with Gasteiger partial charge in [-0.2, -0.15) is 0 Å². The Morgan fingerprint density at radius 2 is 2.20 bits per heavy atom. The van der Waals surface area contributed by atoms with Gasteiger partial charge in [-0.1, -0.05) is 17.3 Å². The van der Waals surface area contributed by atoms with Crippen molar-refractivity contribution in [2.24, 2.45) is 0 Å². The van der Waals surface area contributed by atoms with Gasteiger partial charge in [-0.3, -0.25) is 4.79 Å². The standard InChI is InChI=1S/C15H16N4O/c1-2-3-4-5-10-15(20)17-13-8-6-7-9-14(13)19-12-11-16-18-19/h1,6-9,11-12H,3-5,10H2,(H,17,20). The van der Waals surface area contributed by atoms with Crippen molar-refractivity contribution in [3.63, 3.8) is 0 Å². The predicted molar refractivity (Wildman–Crippen MR) is 77.3 cm³/mol. The molecule has 0 fully saturated rings. The highest BCUT2D eigenvalue weighted by molar-refractivity contribution is 5.92. The smallest absolute Gasteiger partial charge is 0.224 e. The maximum absolute atomic E-state index is 11.9. The summed E-state index contributed by atoms with van der Waals surface area (Å²) >= 11 is 0. The minimum Gasteiger partial charge on any atom is -0.324 e. The van der Waals surface area contributed by atoms with Crippen LogP contribution in [0.4, 0.5) is 5.69 Å². The van der Waals surface area contributed by atoms with Gasteiger partial charge in [-0.15, -0.1) is 17.4 Å². The molecule has 0 radical (unpaired) electrons. The summed E-state index contributed by atoms with van der Waals surface area (Å²) in [6, 6.07) is 7.48. The fourth-order valence-corrected chi connectivity index (χ4v) is 1.84. The Kier molecular flexibility index (Phi) is 4.90. The monoisotopic (exact) mass is 268 g/mol. The summed E-state index contributed by atoms with van der Waals surface area (Å²) in [5.74, 6) is 2.55. The van der Waals surface area contributed by atoms with Crippen LogP contribution < -0.4 is 5.32 Å². The summed E-state index contributed by atoms with van der Waals surface area (Å²) < 4.78 is 1.62. The lowest BCUT2D eigenvalue weighted by Crippen LogP contribution is -2.13. The third-order valence-electron chi connectivity index (χ3n) is 2.82. The van der Waals surface area contributed by atoms with E-state index in [0.29, 0.717) is 12.8 Å². The normalized spacial score (nSPS) is 9.95. The number of carbonyl (C=O) groups is 1. The van der Waals surface area contributed by atoms with Crippen molar-refractivity contribution < 1.29 is 4.79 Å². The average molecular weight is 268 g/mol. The molecule has 0 aliphatic heterocycles. The average Bonchev–Trinajstić information content (AvgIpc) is 2.98.